The maximum atomic E-state index is 12.1. The van der Waals surface area contributed by atoms with E-state index in [-0.39, 0.29) is 5.56 Å². The Morgan fingerprint density at radius 2 is 2.04 bits per heavy atom. The molecule has 0 atom stereocenters. The molecule has 0 spiro atoms. The number of fused-ring (bicyclic) bond motifs is 1. The summed E-state index contributed by atoms with van der Waals surface area (Å²) in [5.74, 6) is 0.860. The first-order chi connectivity index (χ1) is 11.7. The Labute approximate surface area is 145 Å². The third-order valence-electron chi connectivity index (χ3n) is 3.85. The van der Waals surface area contributed by atoms with Crippen molar-refractivity contribution in [3.05, 3.63) is 63.5 Å². The molecule has 0 amide bonds. The van der Waals surface area contributed by atoms with E-state index in [0.29, 0.717) is 6.54 Å². The average Bonchev–Trinajstić information content (AvgIpc) is 3.05. The Balaban J connectivity index is 1.77. The van der Waals surface area contributed by atoms with Crippen molar-refractivity contribution in [3.8, 4) is 5.75 Å². The molecule has 126 valence electrons. The molecule has 1 aromatic carbocycles. The van der Waals surface area contributed by atoms with Crippen LogP contribution in [0.5, 0.6) is 5.75 Å². The van der Waals surface area contributed by atoms with Crippen LogP contribution in [-0.4, -0.2) is 27.9 Å². The highest BCUT2D eigenvalue weighted by atomic mass is 32.1. The molecule has 2 aromatic heterocycles. The van der Waals surface area contributed by atoms with Crippen LogP contribution in [0.4, 0.5) is 0 Å². The fourth-order valence-electron chi connectivity index (χ4n) is 2.72. The summed E-state index contributed by atoms with van der Waals surface area (Å²) in [6.07, 6.45) is 2.82. The van der Waals surface area contributed by atoms with Gasteiger partial charge in [-0.2, -0.15) is 0 Å². The lowest BCUT2D eigenvalue weighted by Gasteiger charge is -2.21. The molecule has 3 aromatic rings. The number of hydrogen-bond donors (Lipinski definition) is 0. The lowest BCUT2D eigenvalue weighted by molar-refractivity contribution is 0.254. The van der Waals surface area contributed by atoms with Gasteiger partial charge in [-0.05, 0) is 30.7 Å². The smallest absolute Gasteiger partial charge is 0.258 e. The lowest BCUT2D eigenvalue weighted by Crippen LogP contribution is -2.25. The highest BCUT2D eigenvalue weighted by molar-refractivity contribution is 7.15. The minimum atomic E-state index is -0.0165. The summed E-state index contributed by atoms with van der Waals surface area (Å²) in [6, 6.07) is 9.73. The second kappa shape index (κ2) is 7.59. The fourth-order valence-corrected chi connectivity index (χ4v) is 3.46. The third-order valence-corrected chi connectivity index (χ3v) is 4.60. The number of rotatable bonds is 7. The molecule has 0 N–H and O–H groups in total. The van der Waals surface area contributed by atoms with Gasteiger partial charge in [-0.3, -0.25) is 14.1 Å². The van der Waals surface area contributed by atoms with Crippen molar-refractivity contribution >= 4 is 16.3 Å². The molecule has 6 heteroatoms. The molecular weight excluding hydrogens is 322 g/mol. The molecule has 24 heavy (non-hydrogen) atoms. The maximum Gasteiger partial charge on any atom is 0.258 e. The van der Waals surface area contributed by atoms with Gasteiger partial charge < -0.3 is 4.74 Å². The summed E-state index contributed by atoms with van der Waals surface area (Å²) >= 11 is 1.48. The van der Waals surface area contributed by atoms with E-state index in [1.807, 2.05) is 17.5 Å². The van der Waals surface area contributed by atoms with Gasteiger partial charge in [0.25, 0.3) is 5.56 Å². The SMILES string of the molecule is CCCN(Cc1ccc(OC)cc1)Cc1cc(=O)n2ccsc2n1. The normalized spacial score (nSPS) is 11.3. The van der Waals surface area contributed by atoms with Crippen LogP contribution in [-0.2, 0) is 13.1 Å². The van der Waals surface area contributed by atoms with Crippen molar-refractivity contribution in [1.82, 2.24) is 14.3 Å². The first kappa shape index (κ1) is 16.7. The number of benzene rings is 1. The largest absolute Gasteiger partial charge is 0.497 e. The predicted molar refractivity (Wildman–Crippen MR) is 96.7 cm³/mol. The summed E-state index contributed by atoms with van der Waals surface area (Å²) < 4.78 is 6.79. The van der Waals surface area contributed by atoms with Gasteiger partial charge in [0.05, 0.1) is 12.8 Å². The van der Waals surface area contributed by atoms with Crippen LogP contribution >= 0.6 is 11.3 Å². The maximum absolute atomic E-state index is 12.1. The van der Waals surface area contributed by atoms with Crippen LogP contribution in [0, 0.1) is 0 Å². The van der Waals surface area contributed by atoms with Crippen LogP contribution in [0.2, 0.25) is 0 Å². The predicted octanol–water partition coefficient (Wildman–Crippen LogP) is 3.18. The van der Waals surface area contributed by atoms with Crippen LogP contribution in [0.3, 0.4) is 0 Å². The summed E-state index contributed by atoms with van der Waals surface area (Å²) in [5.41, 5.74) is 2.03. The zero-order valence-electron chi connectivity index (χ0n) is 13.9. The number of ether oxygens (including phenoxy) is 1. The standard InChI is InChI=1S/C18H21N3O2S/c1-3-8-20(12-14-4-6-16(23-2)7-5-14)13-15-11-17(22)21-9-10-24-18(21)19-15/h4-7,9-11H,3,8,12-13H2,1-2H3. The Bertz CT molecular complexity index is 855. The molecule has 0 aliphatic carbocycles. The van der Waals surface area contributed by atoms with Crippen LogP contribution in [0.15, 0.2) is 46.7 Å². The highest BCUT2D eigenvalue weighted by Gasteiger charge is 2.10. The number of thiazole rings is 1. The van der Waals surface area contributed by atoms with E-state index in [2.05, 4.69) is 28.9 Å². The van der Waals surface area contributed by atoms with Crippen molar-refractivity contribution in [2.24, 2.45) is 0 Å². The second-order valence-electron chi connectivity index (χ2n) is 5.70. The minimum absolute atomic E-state index is 0.0165. The van der Waals surface area contributed by atoms with E-state index in [9.17, 15) is 4.79 Å². The molecule has 0 saturated carbocycles. The molecule has 0 unspecified atom stereocenters. The van der Waals surface area contributed by atoms with Crippen LogP contribution in [0.25, 0.3) is 4.96 Å². The number of methoxy groups -OCH3 is 1. The number of hydrogen-bond acceptors (Lipinski definition) is 5. The van der Waals surface area contributed by atoms with Crippen LogP contribution in [0.1, 0.15) is 24.6 Å². The monoisotopic (exact) mass is 343 g/mol. The molecule has 0 radical (unpaired) electrons. The summed E-state index contributed by atoms with van der Waals surface area (Å²) in [4.78, 5) is 19.8. The molecule has 0 aliphatic rings. The molecule has 0 aliphatic heterocycles. The van der Waals surface area contributed by atoms with Gasteiger partial charge in [0.1, 0.15) is 5.75 Å². The van der Waals surface area contributed by atoms with E-state index in [4.69, 9.17) is 4.74 Å². The molecular formula is C18H21N3O2S. The number of nitrogens with zero attached hydrogens (tertiary/aromatic N) is 3. The zero-order chi connectivity index (χ0) is 16.9. The first-order valence-electron chi connectivity index (χ1n) is 8.00. The van der Waals surface area contributed by atoms with Gasteiger partial charge in [-0.25, -0.2) is 4.98 Å². The van der Waals surface area contributed by atoms with E-state index < -0.39 is 0 Å². The zero-order valence-corrected chi connectivity index (χ0v) is 14.8. The van der Waals surface area contributed by atoms with E-state index in [1.165, 1.54) is 16.9 Å². The van der Waals surface area contributed by atoms with Crippen molar-refractivity contribution in [3.63, 3.8) is 0 Å². The second-order valence-corrected chi connectivity index (χ2v) is 6.57. The van der Waals surface area contributed by atoms with Gasteiger partial charge in [0, 0.05) is 30.7 Å². The number of aromatic nitrogens is 2. The van der Waals surface area contributed by atoms with Gasteiger partial charge in [0.2, 0.25) is 0 Å². The van der Waals surface area contributed by atoms with Crippen molar-refractivity contribution in [2.45, 2.75) is 26.4 Å². The molecule has 0 bridgehead atoms. The highest BCUT2D eigenvalue weighted by Crippen LogP contribution is 2.15. The van der Waals surface area contributed by atoms with E-state index >= 15 is 0 Å². The quantitative estimate of drug-likeness (QED) is 0.661. The molecule has 2 heterocycles. The van der Waals surface area contributed by atoms with Gasteiger partial charge in [-0.1, -0.05) is 19.1 Å². The molecule has 0 saturated heterocycles. The van der Waals surface area contributed by atoms with E-state index in [1.54, 1.807) is 23.8 Å². The summed E-state index contributed by atoms with van der Waals surface area (Å²) in [6.45, 7) is 4.61. The third kappa shape index (κ3) is 3.83. The van der Waals surface area contributed by atoms with E-state index in [0.717, 1.165) is 35.9 Å². The first-order valence-corrected chi connectivity index (χ1v) is 8.88. The van der Waals surface area contributed by atoms with Crippen LogP contribution < -0.4 is 10.3 Å². The Morgan fingerprint density at radius 1 is 1.25 bits per heavy atom. The van der Waals surface area contributed by atoms with Gasteiger partial charge in [-0.15, -0.1) is 11.3 Å². The van der Waals surface area contributed by atoms with Gasteiger partial charge >= 0.3 is 0 Å². The molecule has 3 rings (SSSR count). The van der Waals surface area contributed by atoms with Crippen molar-refractivity contribution < 1.29 is 4.74 Å². The van der Waals surface area contributed by atoms with Crippen molar-refractivity contribution in [2.75, 3.05) is 13.7 Å². The Morgan fingerprint density at radius 3 is 2.75 bits per heavy atom. The lowest BCUT2D eigenvalue weighted by atomic mass is 10.2. The minimum Gasteiger partial charge on any atom is -0.497 e. The fraction of sp³-hybridized carbons (Fsp3) is 0.333. The molecule has 5 nitrogen and oxygen atoms in total. The summed E-state index contributed by atoms with van der Waals surface area (Å²) in [5, 5.41) is 1.88. The Hall–Kier alpha value is -2.18. The average molecular weight is 343 g/mol. The topological polar surface area (TPSA) is 46.8 Å². The van der Waals surface area contributed by atoms with Crippen molar-refractivity contribution in [1.29, 1.82) is 0 Å². The summed E-state index contributed by atoms with van der Waals surface area (Å²) in [7, 11) is 1.67. The van der Waals surface area contributed by atoms with Gasteiger partial charge in [0.15, 0.2) is 4.96 Å². The Kier molecular flexibility index (Phi) is 5.27. The molecule has 0 fully saturated rings.